The second-order valence-corrected chi connectivity index (χ2v) is 5.62. The van der Waals surface area contributed by atoms with E-state index in [1.807, 2.05) is 6.20 Å². The molecule has 0 fully saturated rings. The van der Waals surface area contributed by atoms with E-state index in [-0.39, 0.29) is 0 Å². The molecule has 1 unspecified atom stereocenters. The van der Waals surface area contributed by atoms with Gasteiger partial charge in [0.2, 0.25) is 0 Å². The first-order valence-corrected chi connectivity index (χ1v) is 7.84. The van der Waals surface area contributed by atoms with Gasteiger partial charge in [0.05, 0.1) is 17.6 Å². The molecule has 1 aliphatic rings. The van der Waals surface area contributed by atoms with Gasteiger partial charge in [0, 0.05) is 19.1 Å². The van der Waals surface area contributed by atoms with Crippen molar-refractivity contribution in [2.45, 2.75) is 46.1 Å². The standard InChI is InChI=1S/C17H27N3/c1-4-10-18-16(5-2)17-9-8-15(12-19-17)20-11-6-7-14(3)13-20/h7-9,12,16,18H,4-6,10-11,13H2,1-3H3. The molecule has 0 saturated carbocycles. The molecule has 0 radical (unpaired) electrons. The van der Waals surface area contributed by atoms with Crippen LogP contribution in [0.3, 0.4) is 0 Å². The SMILES string of the molecule is CCCNC(CC)c1ccc(N2CCC=C(C)C2)cn1. The number of aromatic nitrogens is 1. The van der Waals surface area contributed by atoms with Gasteiger partial charge in [-0.3, -0.25) is 4.98 Å². The van der Waals surface area contributed by atoms with Gasteiger partial charge in [0.1, 0.15) is 0 Å². The van der Waals surface area contributed by atoms with Crippen molar-refractivity contribution in [1.29, 1.82) is 0 Å². The van der Waals surface area contributed by atoms with Crippen LogP contribution in [-0.4, -0.2) is 24.6 Å². The van der Waals surface area contributed by atoms with Crippen molar-refractivity contribution in [2.75, 3.05) is 24.5 Å². The molecule has 0 saturated heterocycles. The van der Waals surface area contributed by atoms with E-state index >= 15 is 0 Å². The Bertz CT molecular complexity index is 436. The molecule has 0 spiro atoms. The molecule has 3 heteroatoms. The van der Waals surface area contributed by atoms with Crippen LogP contribution in [0.4, 0.5) is 5.69 Å². The minimum absolute atomic E-state index is 0.381. The van der Waals surface area contributed by atoms with Crippen LogP contribution in [0.5, 0.6) is 0 Å². The van der Waals surface area contributed by atoms with Crippen molar-refractivity contribution in [3.63, 3.8) is 0 Å². The van der Waals surface area contributed by atoms with E-state index in [0.717, 1.165) is 44.6 Å². The van der Waals surface area contributed by atoms with E-state index in [1.165, 1.54) is 11.3 Å². The molecule has 1 atom stereocenters. The van der Waals surface area contributed by atoms with E-state index < -0.39 is 0 Å². The average molecular weight is 273 g/mol. The zero-order valence-electron chi connectivity index (χ0n) is 13.0. The molecule has 1 N–H and O–H groups in total. The van der Waals surface area contributed by atoms with Gasteiger partial charge in [0.15, 0.2) is 0 Å². The monoisotopic (exact) mass is 273 g/mol. The largest absolute Gasteiger partial charge is 0.366 e. The zero-order valence-corrected chi connectivity index (χ0v) is 13.0. The molecule has 0 aliphatic carbocycles. The first kappa shape index (κ1) is 15.0. The van der Waals surface area contributed by atoms with Gasteiger partial charge in [-0.05, 0) is 44.9 Å². The number of anilines is 1. The summed E-state index contributed by atoms with van der Waals surface area (Å²) in [4.78, 5) is 7.09. The maximum absolute atomic E-state index is 4.68. The number of nitrogens with zero attached hydrogens (tertiary/aromatic N) is 2. The molecule has 1 aromatic heterocycles. The molecule has 0 amide bonds. The van der Waals surface area contributed by atoms with Crippen molar-refractivity contribution >= 4 is 5.69 Å². The Hall–Kier alpha value is -1.35. The summed E-state index contributed by atoms with van der Waals surface area (Å²) in [6, 6.07) is 4.78. The van der Waals surface area contributed by atoms with E-state index in [0.29, 0.717) is 6.04 Å². The molecular formula is C17H27N3. The Morgan fingerprint density at radius 1 is 1.35 bits per heavy atom. The third-order valence-electron chi connectivity index (χ3n) is 3.87. The topological polar surface area (TPSA) is 28.2 Å². The second kappa shape index (κ2) is 7.44. The lowest BCUT2D eigenvalue weighted by molar-refractivity contribution is 0.507. The Kier molecular flexibility index (Phi) is 5.60. The normalized spacial score (nSPS) is 16.9. The van der Waals surface area contributed by atoms with E-state index in [1.54, 1.807) is 0 Å². The molecule has 2 heterocycles. The first-order valence-electron chi connectivity index (χ1n) is 7.84. The minimum atomic E-state index is 0.381. The van der Waals surface area contributed by atoms with Gasteiger partial charge in [-0.1, -0.05) is 25.5 Å². The number of rotatable bonds is 6. The highest BCUT2D eigenvalue weighted by molar-refractivity contribution is 5.47. The Morgan fingerprint density at radius 3 is 2.80 bits per heavy atom. The first-order chi connectivity index (χ1) is 9.74. The Balaban J connectivity index is 2.03. The van der Waals surface area contributed by atoms with Crippen molar-refractivity contribution in [3.8, 4) is 0 Å². The van der Waals surface area contributed by atoms with Crippen molar-refractivity contribution < 1.29 is 0 Å². The van der Waals surface area contributed by atoms with Gasteiger partial charge < -0.3 is 10.2 Å². The van der Waals surface area contributed by atoms with Gasteiger partial charge in [-0.2, -0.15) is 0 Å². The highest BCUT2D eigenvalue weighted by atomic mass is 15.1. The minimum Gasteiger partial charge on any atom is -0.366 e. The number of hydrogen-bond acceptors (Lipinski definition) is 3. The van der Waals surface area contributed by atoms with Crippen LogP contribution in [0.2, 0.25) is 0 Å². The maximum atomic E-state index is 4.68. The summed E-state index contributed by atoms with van der Waals surface area (Å²) < 4.78 is 0. The number of nitrogens with one attached hydrogen (secondary N) is 1. The smallest absolute Gasteiger partial charge is 0.0574 e. The average Bonchev–Trinajstić information content (AvgIpc) is 2.49. The molecule has 0 aromatic carbocycles. The van der Waals surface area contributed by atoms with Crippen molar-refractivity contribution in [1.82, 2.24) is 10.3 Å². The van der Waals surface area contributed by atoms with Crippen molar-refractivity contribution in [2.24, 2.45) is 0 Å². The summed E-state index contributed by atoms with van der Waals surface area (Å²) >= 11 is 0. The predicted molar refractivity (Wildman–Crippen MR) is 86.1 cm³/mol. The maximum Gasteiger partial charge on any atom is 0.0574 e. The van der Waals surface area contributed by atoms with Crippen LogP contribution in [0.1, 0.15) is 51.8 Å². The quantitative estimate of drug-likeness (QED) is 0.801. The molecule has 3 nitrogen and oxygen atoms in total. The Morgan fingerprint density at radius 2 is 2.20 bits per heavy atom. The molecular weight excluding hydrogens is 246 g/mol. The zero-order chi connectivity index (χ0) is 14.4. The van der Waals surface area contributed by atoms with E-state index in [9.17, 15) is 0 Å². The van der Waals surface area contributed by atoms with Gasteiger partial charge in [-0.25, -0.2) is 0 Å². The second-order valence-electron chi connectivity index (χ2n) is 5.62. The van der Waals surface area contributed by atoms with Crippen LogP contribution < -0.4 is 10.2 Å². The van der Waals surface area contributed by atoms with Gasteiger partial charge >= 0.3 is 0 Å². The lowest BCUT2D eigenvalue weighted by Crippen LogP contribution is -2.29. The highest BCUT2D eigenvalue weighted by Crippen LogP contribution is 2.21. The fraction of sp³-hybridized carbons (Fsp3) is 0.588. The van der Waals surface area contributed by atoms with Crippen LogP contribution in [0.25, 0.3) is 0 Å². The van der Waals surface area contributed by atoms with Gasteiger partial charge in [0.25, 0.3) is 0 Å². The van der Waals surface area contributed by atoms with E-state index in [4.69, 9.17) is 0 Å². The van der Waals surface area contributed by atoms with Crippen LogP contribution in [-0.2, 0) is 0 Å². The lowest BCUT2D eigenvalue weighted by Gasteiger charge is -2.28. The summed E-state index contributed by atoms with van der Waals surface area (Å²) in [5, 5.41) is 3.56. The van der Waals surface area contributed by atoms with Crippen LogP contribution in [0.15, 0.2) is 30.0 Å². The summed E-state index contributed by atoms with van der Waals surface area (Å²) in [5.74, 6) is 0. The molecule has 0 bridgehead atoms. The Labute approximate surface area is 123 Å². The lowest BCUT2D eigenvalue weighted by atomic mass is 10.1. The summed E-state index contributed by atoms with van der Waals surface area (Å²) in [6.45, 7) is 9.80. The van der Waals surface area contributed by atoms with Crippen LogP contribution in [0, 0.1) is 0 Å². The third kappa shape index (κ3) is 3.83. The summed E-state index contributed by atoms with van der Waals surface area (Å²) in [5.41, 5.74) is 3.86. The number of pyridine rings is 1. The number of hydrogen-bond donors (Lipinski definition) is 1. The summed E-state index contributed by atoms with van der Waals surface area (Å²) in [6.07, 6.45) is 7.75. The fourth-order valence-corrected chi connectivity index (χ4v) is 2.70. The molecule has 20 heavy (non-hydrogen) atoms. The third-order valence-corrected chi connectivity index (χ3v) is 3.87. The fourth-order valence-electron chi connectivity index (χ4n) is 2.70. The highest BCUT2D eigenvalue weighted by Gasteiger charge is 2.13. The summed E-state index contributed by atoms with van der Waals surface area (Å²) in [7, 11) is 0. The van der Waals surface area contributed by atoms with Crippen LogP contribution >= 0.6 is 0 Å². The molecule has 2 rings (SSSR count). The van der Waals surface area contributed by atoms with Crippen molar-refractivity contribution in [3.05, 3.63) is 35.7 Å². The molecule has 1 aliphatic heterocycles. The predicted octanol–water partition coefficient (Wildman–Crippen LogP) is 3.69. The van der Waals surface area contributed by atoms with E-state index in [2.05, 4.69) is 54.2 Å². The molecule has 110 valence electrons. The van der Waals surface area contributed by atoms with Gasteiger partial charge in [-0.15, -0.1) is 0 Å². The molecule has 1 aromatic rings.